The van der Waals surface area contributed by atoms with Crippen LogP contribution in [-0.2, 0) is 18.3 Å². The zero-order valence-corrected chi connectivity index (χ0v) is 18.2. The van der Waals surface area contributed by atoms with E-state index in [0.717, 1.165) is 40.0 Å². The van der Waals surface area contributed by atoms with Gasteiger partial charge < -0.3 is 10.1 Å². The van der Waals surface area contributed by atoms with E-state index < -0.39 is 6.10 Å². The SMILES string of the molecule is CCc1ccc(NC(=O)C(C)Oc2cc(-c3ccccc3)c3c(C)nn(C)c3n2)cc1. The van der Waals surface area contributed by atoms with E-state index in [0.29, 0.717) is 5.88 Å². The molecule has 1 unspecified atom stereocenters. The Morgan fingerprint density at radius 1 is 1.13 bits per heavy atom. The molecular weight excluding hydrogens is 388 g/mol. The molecule has 0 fully saturated rings. The fourth-order valence-corrected chi connectivity index (χ4v) is 3.63. The Morgan fingerprint density at radius 3 is 2.52 bits per heavy atom. The van der Waals surface area contributed by atoms with Crippen molar-refractivity contribution < 1.29 is 9.53 Å². The Kier molecular flexibility index (Phi) is 5.71. The number of nitrogens with one attached hydrogen (secondary N) is 1. The second-order valence-electron chi connectivity index (χ2n) is 7.58. The molecule has 2 heterocycles. The van der Waals surface area contributed by atoms with E-state index in [1.165, 1.54) is 5.56 Å². The molecule has 4 aromatic rings. The van der Waals surface area contributed by atoms with Crippen LogP contribution in [0.1, 0.15) is 25.1 Å². The van der Waals surface area contributed by atoms with Crippen molar-refractivity contribution in [2.45, 2.75) is 33.3 Å². The lowest BCUT2D eigenvalue weighted by atomic mass is 10.0. The minimum Gasteiger partial charge on any atom is -0.464 e. The second kappa shape index (κ2) is 8.60. The number of rotatable bonds is 6. The first-order valence-corrected chi connectivity index (χ1v) is 10.4. The van der Waals surface area contributed by atoms with Gasteiger partial charge in [-0.15, -0.1) is 0 Å². The van der Waals surface area contributed by atoms with Crippen molar-refractivity contribution in [2.24, 2.45) is 7.05 Å². The lowest BCUT2D eigenvalue weighted by Gasteiger charge is -2.15. The lowest BCUT2D eigenvalue weighted by molar-refractivity contribution is -0.122. The van der Waals surface area contributed by atoms with Gasteiger partial charge >= 0.3 is 0 Å². The summed E-state index contributed by atoms with van der Waals surface area (Å²) in [7, 11) is 1.86. The molecule has 1 amide bonds. The molecule has 31 heavy (non-hydrogen) atoms. The second-order valence-corrected chi connectivity index (χ2v) is 7.58. The van der Waals surface area contributed by atoms with Gasteiger partial charge in [0.25, 0.3) is 5.91 Å². The minimum atomic E-state index is -0.714. The van der Waals surface area contributed by atoms with Crippen LogP contribution in [0.4, 0.5) is 5.69 Å². The van der Waals surface area contributed by atoms with Crippen molar-refractivity contribution in [1.82, 2.24) is 14.8 Å². The van der Waals surface area contributed by atoms with Crippen LogP contribution in [0.15, 0.2) is 60.7 Å². The minimum absolute atomic E-state index is 0.228. The largest absolute Gasteiger partial charge is 0.464 e. The van der Waals surface area contributed by atoms with Gasteiger partial charge in [-0.2, -0.15) is 10.1 Å². The highest BCUT2D eigenvalue weighted by molar-refractivity contribution is 5.96. The summed E-state index contributed by atoms with van der Waals surface area (Å²) in [5, 5.41) is 8.40. The molecule has 6 heteroatoms. The van der Waals surface area contributed by atoms with E-state index in [1.54, 1.807) is 11.6 Å². The summed E-state index contributed by atoms with van der Waals surface area (Å²) in [4.78, 5) is 17.3. The van der Waals surface area contributed by atoms with E-state index in [9.17, 15) is 4.79 Å². The van der Waals surface area contributed by atoms with Crippen molar-refractivity contribution in [3.8, 4) is 17.0 Å². The van der Waals surface area contributed by atoms with Gasteiger partial charge in [-0.05, 0) is 49.1 Å². The fraction of sp³-hybridized carbons (Fsp3) is 0.240. The number of hydrogen-bond acceptors (Lipinski definition) is 4. The van der Waals surface area contributed by atoms with Crippen LogP contribution >= 0.6 is 0 Å². The van der Waals surface area contributed by atoms with Gasteiger partial charge in [-0.1, -0.05) is 49.4 Å². The van der Waals surface area contributed by atoms with E-state index in [4.69, 9.17) is 4.74 Å². The monoisotopic (exact) mass is 414 g/mol. The molecule has 0 aliphatic carbocycles. The number of anilines is 1. The molecular formula is C25H26N4O2. The third-order valence-corrected chi connectivity index (χ3v) is 5.33. The van der Waals surface area contributed by atoms with Gasteiger partial charge in [-0.25, -0.2) is 0 Å². The predicted octanol–water partition coefficient (Wildman–Crippen LogP) is 4.91. The van der Waals surface area contributed by atoms with Gasteiger partial charge in [0.1, 0.15) is 0 Å². The summed E-state index contributed by atoms with van der Waals surface area (Å²) in [5.41, 5.74) is 5.61. The van der Waals surface area contributed by atoms with Gasteiger partial charge in [0.15, 0.2) is 11.8 Å². The number of pyridine rings is 1. The zero-order valence-electron chi connectivity index (χ0n) is 18.2. The van der Waals surface area contributed by atoms with Gasteiger partial charge in [-0.3, -0.25) is 9.48 Å². The van der Waals surface area contributed by atoms with Crippen LogP contribution in [0.3, 0.4) is 0 Å². The van der Waals surface area contributed by atoms with E-state index in [-0.39, 0.29) is 5.91 Å². The molecule has 0 aliphatic heterocycles. The van der Waals surface area contributed by atoms with Crippen LogP contribution in [0.2, 0.25) is 0 Å². The first-order valence-electron chi connectivity index (χ1n) is 10.4. The third-order valence-electron chi connectivity index (χ3n) is 5.33. The number of carbonyl (C=O) groups excluding carboxylic acids is 1. The average molecular weight is 415 g/mol. The van der Waals surface area contributed by atoms with Gasteiger partial charge in [0, 0.05) is 18.8 Å². The Bertz CT molecular complexity index is 1210. The maximum Gasteiger partial charge on any atom is 0.265 e. The van der Waals surface area contributed by atoms with Crippen molar-refractivity contribution in [3.05, 3.63) is 71.9 Å². The summed E-state index contributed by atoms with van der Waals surface area (Å²) in [5.74, 6) is 0.159. The molecule has 0 saturated heterocycles. The van der Waals surface area contributed by atoms with Crippen LogP contribution in [0.25, 0.3) is 22.2 Å². The molecule has 2 aromatic heterocycles. The number of ether oxygens (including phenoxy) is 1. The lowest BCUT2D eigenvalue weighted by Crippen LogP contribution is -2.30. The molecule has 0 saturated carbocycles. The molecule has 1 N–H and O–H groups in total. The third kappa shape index (κ3) is 4.28. The Balaban J connectivity index is 1.61. The number of fused-ring (bicyclic) bond motifs is 1. The zero-order chi connectivity index (χ0) is 22.0. The molecule has 4 rings (SSSR count). The highest BCUT2D eigenvalue weighted by Crippen LogP contribution is 2.33. The predicted molar refractivity (Wildman–Crippen MR) is 123 cm³/mol. The van der Waals surface area contributed by atoms with Crippen LogP contribution in [0.5, 0.6) is 5.88 Å². The molecule has 2 aromatic carbocycles. The topological polar surface area (TPSA) is 69.0 Å². The number of hydrogen-bond donors (Lipinski definition) is 1. The fourth-order valence-electron chi connectivity index (χ4n) is 3.63. The first kappa shape index (κ1) is 20.6. The Morgan fingerprint density at radius 2 is 1.84 bits per heavy atom. The van der Waals surface area contributed by atoms with Crippen molar-refractivity contribution in [1.29, 1.82) is 0 Å². The van der Waals surface area contributed by atoms with E-state index in [2.05, 4.69) is 22.3 Å². The van der Waals surface area contributed by atoms with Crippen molar-refractivity contribution in [3.63, 3.8) is 0 Å². The average Bonchev–Trinajstić information content (AvgIpc) is 3.07. The Labute approximate surface area is 181 Å². The summed E-state index contributed by atoms with van der Waals surface area (Å²) in [6.07, 6.45) is 0.243. The van der Waals surface area contributed by atoms with Gasteiger partial charge in [0.2, 0.25) is 5.88 Å². The highest BCUT2D eigenvalue weighted by atomic mass is 16.5. The summed E-state index contributed by atoms with van der Waals surface area (Å²) < 4.78 is 7.70. The smallest absolute Gasteiger partial charge is 0.265 e. The van der Waals surface area contributed by atoms with Crippen molar-refractivity contribution >= 4 is 22.6 Å². The van der Waals surface area contributed by atoms with Crippen LogP contribution in [-0.4, -0.2) is 26.8 Å². The molecule has 0 aliphatic rings. The normalized spacial score (nSPS) is 12.0. The molecule has 0 radical (unpaired) electrons. The standard InChI is InChI=1S/C25H26N4O2/c1-5-18-11-13-20(14-12-18)26-25(30)17(3)31-22-15-21(19-9-7-6-8-10-19)23-16(2)28-29(4)24(23)27-22/h6-15,17H,5H2,1-4H3,(H,26,30). The molecule has 6 nitrogen and oxygen atoms in total. The molecule has 0 spiro atoms. The van der Waals surface area contributed by atoms with E-state index in [1.807, 2.05) is 74.6 Å². The molecule has 1 atom stereocenters. The van der Waals surface area contributed by atoms with Crippen LogP contribution < -0.4 is 10.1 Å². The Hall–Kier alpha value is -3.67. The number of amides is 1. The number of carbonyl (C=O) groups is 1. The maximum atomic E-state index is 12.7. The number of aromatic nitrogens is 3. The summed E-state index contributed by atoms with van der Waals surface area (Å²) >= 11 is 0. The molecule has 0 bridgehead atoms. The number of benzene rings is 2. The summed E-state index contributed by atoms with van der Waals surface area (Å²) in [6, 6.07) is 19.8. The number of nitrogens with zero attached hydrogens (tertiary/aromatic N) is 3. The quantitative estimate of drug-likeness (QED) is 0.487. The molecule has 158 valence electrons. The number of aryl methyl sites for hydroxylation is 3. The highest BCUT2D eigenvalue weighted by Gasteiger charge is 2.19. The van der Waals surface area contributed by atoms with Crippen molar-refractivity contribution in [2.75, 3.05) is 5.32 Å². The van der Waals surface area contributed by atoms with Gasteiger partial charge in [0.05, 0.1) is 11.1 Å². The maximum absolute atomic E-state index is 12.7. The summed E-state index contributed by atoms with van der Waals surface area (Å²) in [6.45, 7) is 5.79. The van der Waals surface area contributed by atoms with Crippen LogP contribution in [0, 0.1) is 6.92 Å². The first-order chi connectivity index (χ1) is 15.0. The van der Waals surface area contributed by atoms with E-state index >= 15 is 0 Å².